The Bertz CT molecular complexity index is 619. The van der Waals surface area contributed by atoms with E-state index in [1.807, 2.05) is 24.3 Å². The lowest BCUT2D eigenvalue weighted by Crippen LogP contribution is -2.34. The van der Waals surface area contributed by atoms with E-state index in [9.17, 15) is 0 Å². The number of fused-ring (bicyclic) bond motifs is 1. The van der Waals surface area contributed by atoms with Crippen LogP contribution in [0.2, 0.25) is 0 Å². The summed E-state index contributed by atoms with van der Waals surface area (Å²) in [6.07, 6.45) is 2.61. The van der Waals surface area contributed by atoms with Crippen molar-refractivity contribution in [2.75, 3.05) is 5.73 Å². The predicted octanol–water partition coefficient (Wildman–Crippen LogP) is 3.29. The maximum absolute atomic E-state index is 6.04. The molecule has 3 rings (SSSR count). The molecule has 0 radical (unpaired) electrons. The minimum Gasteiger partial charge on any atom is -0.383 e. The molecule has 1 saturated heterocycles. The number of nitrogen functional groups attached to an aromatic ring is 1. The average Bonchev–Trinajstić information content (AvgIpc) is 2.44. The van der Waals surface area contributed by atoms with Crippen LogP contribution in [0, 0.1) is 0 Å². The molecule has 2 aromatic rings. The molecule has 0 saturated carbocycles. The molecule has 4 heteroatoms. The summed E-state index contributed by atoms with van der Waals surface area (Å²) >= 11 is 0. The first-order valence-electron chi connectivity index (χ1n) is 7.53. The first-order valence-corrected chi connectivity index (χ1v) is 7.53. The molecule has 0 spiro atoms. The van der Waals surface area contributed by atoms with E-state index in [1.54, 1.807) is 0 Å². The van der Waals surface area contributed by atoms with E-state index >= 15 is 0 Å². The van der Waals surface area contributed by atoms with Crippen LogP contribution in [-0.4, -0.2) is 23.3 Å². The standard InChI is InChI=1S/C17H22N2O2/c1-11-7-15(8-12(2)21-11)20-10-14-9-13-5-3-4-6-16(13)19-17(14)18/h3-6,9,11-12,15H,7-8,10H2,1-2H3,(H2,18,19). The molecule has 4 nitrogen and oxygen atoms in total. The fraction of sp³-hybridized carbons (Fsp3) is 0.471. The van der Waals surface area contributed by atoms with Crippen LogP contribution < -0.4 is 5.73 Å². The average molecular weight is 286 g/mol. The largest absolute Gasteiger partial charge is 0.383 e. The molecule has 2 atom stereocenters. The van der Waals surface area contributed by atoms with Gasteiger partial charge in [-0.3, -0.25) is 0 Å². The van der Waals surface area contributed by atoms with Crippen LogP contribution in [-0.2, 0) is 16.1 Å². The lowest BCUT2D eigenvalue weighted by molar-refractivity contribution is -0.106. The summed E-state index contributed by atoms with van der Waals surface area (Å²) < 4.78 is 11.8. The molecule has 2 N–H and O–H groups in total. The van der Waals surface area contributed by atoms with Gasteiger partial charge < -0.3 is 15.2 Å². The third-order valence-electron chi connectivity index (χ3n) is 3.97. The number of nitrogens with two attached hydrogens (primary N) is 1. The molecule has 1 aliphatic rings. The van der Waals surface area contributed by atoms with Gasteiger partial charge in [-0.05, 0) is 38.8 Å². The van der Waals surface area contributed by atoms with Crippen molar-refractivity contribution < 1.29 is 9.47 Å². The summed E-state index contributed by atoms with van der Waals surface area (Å²) in [6.45, 7) is 4.70. The normalized spacial score (nSPS) is 26.1. The number of ether oxygens (including phenoxy) is 2. The fourth-order valence-corrected chi connectivity index (χ4v) is 2.98. The molecule has 2 heterocycles. The number of anilines is 1. The van der Waals surface area contributed by atoms with Crippen molar-refractivity contribution in [2.45, 2.75) is 51.6 Å². The number of benzene rings is 1. The Kier molecular flexibility index (Phi) is 4.08. The third-order valence-corrected chi connectivity index (χ3v) is 3.97. The van der Waals surface area contributed by atoms with E-state index in [2.05, 4.69) is 24.9 Å². The zero-order chi connectivity index (χ0) is 14.8. The highest BCUT2D eigenvalue weighted by atomic mass is 16.5. The van der Waals surface area contributed by atoms with Gasteiger partial charge in [0, 0.05) is 10.9 Å². The van der Waals surface area contributed by atoms with Gasteiger partial charge in [-0.1, -0.05) is 18.2 Å². The van der Waals surface area contributed by atoms with Crippen LogP contribution >= 0.6 is 0 Å². The molecule has 112 valence electrons. The van der Waals surface area contributed by atoms with Crippen molar-refractivity contribution in [1.29, 1.82) is 0 Å². The molecule has 0 bridgehead atoms. The minimum absolute atomic E-state index is 0.231. The van der Waals surface area contributed by atoms with E-state index in [4.69, 9.17) is 15.2 Å². The van der Waals surface area contributed by atoms with Crippen molar-refractivity contribution in [1.82, 2.24) is 4.98 Å². The third kappa shape index (κ3) is 3.34. The number of para-hydroxylation sites is 1. The van der Waals surface area contributed by atoms with Gasteiger partial charge in [0.25, 0.3) is 0 Å². The van der Waals surface area contributed by atoms with Crippen LogP contribution in [0.3, 0.4) is 0 Å². The molecule has 1 aromatic heterocycles. The highest BCUT2D eigenvalue weighted by molar-refractivity contribution is 5.81. The summed E-state index contributed by atoms with van der Waals surface area (Å²) in [5.41, 5.74) is 7.92. The van der Waals surface area contributed by atoms with Gasteiger partial charge in [0.1, 0.15) is 5.82 Å². The minimum atomic E-state index is 0.231. The first kappa shape index (κ1) is 14.3. The Labute approximate surface area is 125 Å². The molecule has 1 aromatic carbocycles. The van der Waals surface area contributed by atoms with Crippen molar-refractivity contribution in [3.05, 3.63) is 35.9 Å². The Balaban J connectivity index is 1.71. The van der Waals surface area contributed by atoms with Crippen molar-refractivity contribution in [3.8, 4) is 0 Å². The maximum Gasteiger partial charge on any atom is 0.129 e. The number of pyridine rings is 1. The number of hydrogen-bond donors (Lipinski definition) is 1. The predicted molar refractivity (Wildman–Crippen MR) is 84.0 cm³/mol. The number of rotatable bonds is 3. The lowest BCUT2D eigenvalue weighted by atomic mass is 10.0. The van der Waals surface area contributed by atoms with Crippen molar-refractivity contribution in [2.24, 2.45) is 0 Å². The van der Waals surface area contributed by atoms with Gasteiger partial charge in [-0.2, -0.15) is 0 Å². The van der Waals surface area contributed by atoms with Gasteiger partial charge in [0.05, 0.1) is 30.4 Å². The highest BCUT2D eigenvalue weighted by Gasteiger charge is 2.25. The summed E-state index contributed by atoms with van der Waals surface area (Å²) in [5.74, 6) is 0.557. The van der Waals surface area contributed by atoms with Crippen molar-refractivity contribution >= 4 is 16.7 Å². The smallest absolute Gasteiger partial charge is 0.129 e. The molecule has 1 fully saturated rings. The Hall–Kier alpha value is -1.65. The molecular weight excluding hydrogens is 264 g/mol. The van der Waals surface area contributed by atoms with Gasteiger partial charge in [-0.15, -0.1) is 0 Å². The van der Waals surface area contributed by atoms with Crippen LogP contribution in [0.5, 0.6) is 0 Å². The summed E-state index contributed by atoms with van der Waals surface area (Å²) in [7, 11) is 0. The Morgan fingerprint density at radius 2 is 1.95 bits per heavy atom. The second kappa shape index (κ2) is 6.00. The summed E-state index contributed by atoms with van der Waals surface area (Å²) in [5, 5.41) is 1.10. The van der Waals surface area contributed by atoms with Crippen LogP contribution in [0.1, 0.15) is 32.3 Å². The van der Waals surface area contributed by atoms with Gasteiger partial charge >= 0.3 is 0 Å². The second-order valence-corrected chi connectivity index (χ2v) is 5.89. The van der Waals surface area contributed by atoms with E-state index in [0.717, 1.165) is 29.3 Å². The fourth-order valence-electron chi connectivity index (χ4n) is 2.98. The van der Waals surface area contributed by atoms with E-state index in [-0.39, 0.29) is 18.3 Å². The first-order chi connectivity index (χ1) is 10.1. The van der Waals surface area contributed by atoms with E-state index in [1.165, 1.54) is 0 Å². The van der Waals surface area contributed by atoms with Gasteiger partial charge in [-0.25, -0.2) is 4.98 Å². The lowest BCUT2D eigenvalue weighted by Gasteiger charge is -2.32. The van der Waals surface area contributed by atoms with Crippen LogP contribution in [0.4, 0.5) is 5.82 Å². The quantitative estimate of drug-likeness (QED) is 0.940. The maximum atomic E-state index is 6.04. The monoisotopic (exact) mass is 286 g/mol. The Morgan fingerprint density at radius 1 is 1.24 bits per heavy atom. The zero-order valence-corrected chi connectivity index (χ0v) is 12.6. The van der Waals surface area contributed by atoms with Crippen LogP contribution in [0.25, 0.3) is 10.9 Å². The molecule has 21 heavy (non-hydrogen) atoms. The number of aromatic nitrogens is 1. The molecule has 1 aliphatic heterocycles. The summed E-state index contributed by atoms with van der Waals surface area (Å²) in [6, 6.07) is 10.1. The number of hydrogen-bond acceptors (Lipinski definition) is 4. The van der Waals surface area contributed by atoms with E-state index in [0.29, 0.717) is 12.4 Å². The molecule has 2 unspecified atom stereocenters. The second-order valence-electron chi connectivity index (χ2n) is 5.89. The van der Waals surface area contributed by atoms with Gasteiger partial charge in [0.2, 0.25) is 0 Å². The van der Waals surface area contributed by atoms with Crippen LogP contribution in [0.15, 0.2) is 30.3 Å². The summed E-state index contributed by atoms with van der Waals surface area (Å²) in [4.78, 5) is 4.44. The number of nitrogens with zero attached hydrogens (tertiary/aromatic N) is 1. The van der Waals surface area contributed by atoms with E-state index < -0.39 is 0 Å². The highest BCUT2D eigenvalue weighted by Crippen LogP contribution is 2.24. The molecular formula is C17H22N2O2. The zero-order valence-electron chi connectivity index (χ0n) is 12.6. The van der Waals surface area contributed by atoms with Crippen molar-refractivity contribution in [3.63, 3.8) is 0 Å². The molecule has 0 aliphatic carbocycles. The van der Waals surface area contributed by atoms with Gasteiger partial charge in [0.15, 0.2) is 0 Å². The SMILES string of the molecule is CC1CC(OCc2cc3ccccc3nc2N)CC(C)O1. The molecule has 0 amide bonds. The Morgan fingerprint density at radius 3 is 2.71 bits per heavy atom. The topological polar surface area (TPSA) is 57.4 Å².